The quantitative estimate of drug-likeness (QED) is 0.857. The molecule has 0 spiro atoms. The minimum atomic E-state index is -0.407. The molecule has 22 heavy (non-hydrogen) atoms. The van der Waals surface area contributed by atoms with Crippen LogP contribution in [-0.2, 0) is 9.47 Å². The van der Waals surface area contributed by atoms with Crippen molar-refractivity contribution in [3.63, 3.8) is 0 Å². The summed E-state index contributed by atoms with van der Waals surface area (Å²) in [6.45, 7) is 6.39. The highest BCUT2D eigenvalue weighted by Gasteiger charge is 2.22. The Hall–Kier alpha value is -1.93. The number of esters is 1. The molecule has 2 aromatic heterocycles. The number of anilines is 1. The number of fused-ring (bicyclic) bond motifs is 1. The van der Waals surface area contributed by atoms with Gasteiger partial charge in [0.1, 0.15) is 9.71 Å². The summed E-state index contributed by atoms with van der Waals surface area (Å²) < 4.78 is 10.3. The summed E-state index contributed by atoms with van der Waals surface area (Å²) in [5, 5.41) is 0.463. The molecule has 1 saturated heterocycles. The number of ether oxygens (including phenoxy) is 2. The standard InChI is InChI=1S/C14H17N3O4S/c1-3-21-13(19)10-8(2)9-11(18)15-14(16-12(9)22-10)17-4-6-20-7-5-17/h3-7H2,1-2H3,(H,15,16,18). The average molecular weight is 323 g/mol. The fraction of sp³-hybridized carbons (Fsp3) is 0.500. The molecular weight excluding hydrogens is 306 g/mol. The Kier molecular flexibility index (Phi) is 4.12. The predicted molar refractivity (Wildman–Crippen MR) is 84.0 cm³/mol. The lowest BCUT2D eigenvalue weighted by molar-refractivity contribution is 0.0531. The van der Waals surface area contributed by atoms with Crippen molar-refractivity contribution >= 4 is 33.5 Å². The third-order valence-corrected chi connectivity index (χ3v) is 4.73. The lowest BCUT2D eigenvalue weighted by atomic mass is 10.2. The third kappa shape index (κ3) is 2.59. The van der Waals surface area contributed by atoms with Gasteiger partial charge in [-0.15, -0.1) is 11.3 Å². The van der Waals surface area contributed by atoms with E-state index in [1.54, 1.807) is 13.8 Å². The van der Waals surface area contributed by atoms with Crippen molar-refractivity contribution < 1.29 is 14.3 Å². The lowest BCUT2D eigenvalue weighted by Gasteiger charge is -2.26. The van der Waals surface area contributed by atoms with Crippen molar-refractivity contribution in [1.29, 1.82) is 0 Å². The number of rotatable bonds is 3. The van der Waals surface area contributed by atoms with E-state index in [1.807, 2.05) is 4.90 Å². The summed E-state index contributed by atoms with van der Waals surface area (Å²) in [5.74, 6) is 0.118. The minimum absolute atomic E-state index is 0.226. The Morgan fingerprint density at radius 1 is 1.45 bits per heavy atom. The van der Waals surface area contributed by atoms with Crippen LogP contribution in [0.15, 0.2) is 4.79 Å². The zero-order valence-corrected chi connectivity index (χ0v) is 13.3. The molecule has 0 amide bonds. The Bertz CT molecular complexity index is 761. The van der Waals surface area contributed by atoms with Gasteiger partial charge in [-0.05, 0) is 19.4 Å². The average Bonchev–Trinajstić information content (AvgIpc) is 2.86. The lowest BCUT2D eigenvalue weighted by Crippen LogP contribution is -2.38. The van der Waals surface area contributed by atoms with Crippen LogP contribution in [0.25, 0.3) is 10.2 Å². The van der Waals surface area contributed by atoms with E-state index >= 15 is 0 Å². The van der Waals surface area contributed by atoms with Gasteiger partial charge in [-0.1, -0.05) is 0 Å². The fourth-order valence-corrected chi connectivity index (χ4v) is 3.52. The Balaban J connectivity index is 2.06. The zero-order chi connectivity index (χ0) is 15.7. The number of nitrogens with one attached hydrogen (secondary N) is 1. The molecule has 0 bridgehead atoms. The molecular formula is C14H17N3O4S. The molecule has 0 atom stereocenters. The maximum absolute atomic E-state index is 12.4. The number of carbonyl (C=O) groups excluding carboxylic acids is 1. The first-order chi connectivity index (χ1) is 10.6. The van der Waals surface area contributed by atoms with Gasteiger partial charge in [0.25, 0.3) is 5.56 Å². The molecule has 1 aliphatic rings. The van der Waals surface area contributed by atoms with Crippen LogP contribution in [0.5, 0.6) is 0 Å². The molecule has 0 aromatic carbocycles. The number of hydrogen-bond acceptors (Lipinski definition) is 7. The summed E-state index contributed by atoms with van der Waals surface area (Å²) in [5.41, 5.74) is 0.400. The molecule has 0 saturated carbocycles. The summed E-state index contributed by atoms with van der Waals surface area (Å²) in [6, 6.07) is 0. The summed E-state index contributed by atoms with van der Waals surface area (Å²) in [6.07, 6.45) is 0. The van der Waals surface area contributed by atoms with Crippen molar-refractivity contribution in [3.8, 4) is 0 Å². The van der Waals surface area contributed by atoms with Gasteiger partial charge < -0.3 is 14.4 Å². The number of carbonyl (C=O) groups is 1. The number of morpholine rings is 1. The van der Waals surface area contributed by atoms with Crippen LogP contribution in [0.4, 0.5) is 5.95 Å². The van der Waals surface area contributed by atoms with Gasteiger partial charge in [0, 0.05) is 13.1 Å². The van der Waals surface area contributed by atoms with Crippen LogP contribution in [0.3, 0.4) is 0 Å². The first kappa shape index (κ1) is 15.0. The van der Waals surface area contributed by atoms with Gasteiger partial charge in [-0.25, -0.2) is 9.78 Å². The first-order valence-electron chi connectivity index (χ1n) is 7.15. The molecule has 3 heterocycles. The third-order valence-electron chi connectivity index (χ3n) is 3.56. The number of aryl methyl sites for hydroxylation is 1. The molecule has 0 unspecified atom stereocenters. The van der Waals surface area contributed by atoms with Crippen LogP contribution in [-0.4, -0.2) is 48.8 Å². The predicted octanol–water partition coefficient (Wildman–Crippen LogP) is 1.31. The van der Waals surface area contributed by atoms with Crippen LogP contribution in [0, 0.1) is 6.92 Å². The number of hydrogen-bond donors (Lipinski definition) is 1. The topological polar surface area (TPSA) is 84.5 Å². The zero-order valence-electron chi connectivity index (χ0n) is 12.5. The van der Waals surface area contributed by atoms with Crippen LogP contribution in [0.1, 0.15) is 22.2 Å². The van der Waals surface area contributed by atoms with E-state index in [0.717, 1.165) is 0 Å². The molecule has 1 N–H and O–H groups in total. The fourth-order valence-electron chi connectivity index (χ4n) is 2.45. The number of nitrogens with zero attached hydrogens (tertiary/aromatic N) is 2. The van der Waals surface area contributed by atoms with E-state index in [4.69, 9.17) is 9.47 Å². The molecule has 7 nitrogen and oxygen atoms in total. The molecule has 0 radical (unpaired) electrons. The monoisotopic (exact) mass is 323 g/mol. The molecule has 2 aromatic rings. The highest BCUT2D eigenvalue weighted by molar-refractivity contribution is 7.20. The second-order valence-electron chi connectivity index (χ2n) is 4.95. The summed E-state index contributed by atoms with van der Waals surface area (Å²) >= 11 is 1.20. The van der Waals surface area contributed by atoms with Crippen molar-refractivity contribution in [2.75, 3.05) is 37.8 Å². The van der Waals surface area contributed by atoms with Gasteiger partial charge in [-0.2, -0.15) is 0 Å². The second-order valence-corrected chi connectivity index (χ2v) is 5.94. The molecule has 118 valence electrons. The Morgan fingerprint density at radius 3 is 2.86 bits per heavy atom. The Morgan fingerprint density at radius 2 is 2.18 bits per heavy atom. The van der Waals surface area contributed by atoms with E-state index in [1.165, 1.54) is 11.3 Å². The smallest absolute Gasteiger partial charge is 0.348 e. The molecule has 1 aliphatic heterocycles. The molecule has 3 rings (SSSR count). The van der Waals surface area contributed by atoms with Crippen LogP contribution in [0.2, 0.25) is 0 Å². The second kappa shape index (κ2) is 6.05. The Labute approximate surface area is 130 Å². The van der Waals surface area contributed by atoms with E-state index in [9.17, 15) is 9.59 Å². The molecule has 8 heteroatoms. The largest absolute Gasteiger partial charge is 0.462 e. The maximum atomic E-state index is 12.4. The number of aromatic nitrogens is 2. The number of aromatic amines is 1. The van der Waals surface area contributed by atoms with Gasteiger partial charge in [0.15, 0.2) is 0 Å². The normalized spacial score (nSPS) is 15.3. The van der Waals surface area contributed by atoms with Gasteiger partial charge >= 0.3 is 5.97 Å². The maximum Gasteiger partial charge on any atom is 0.348 e. The van der Waals surface area contributed by atoms with Gasteiger partial charge in [0.05, 0.1) is 25.2 Å². The van der Waals surface area contributed by atoms with Crippen molar-refractivity contribution in [2.24, 2.45) is 0 Å². The molecule has 1 fully saturated rings. The number of H-pyrrole nitrogens is 1. The van der Waals surface area contributed by atoms with E-state index in [0.29, 0.717) is 59.5 Å². The molecule has 0 aliphatic carbocycles. The van der Waals surface area contributed by atoms with Crippen LogP contribution < -0.4 is 10.5 Å². The highest BCUT2D eigenvalue weighted by atomic mass is 32.1. The summed E-state index contributed by atoms with van der Waals surface area (Å²) in [7, 11) is 0. The van der Waals surface area contributed by atoms with E-state index in [2.05, 4.69) is 9.97 Å². The van der Waals surface area contributed by atoms with E-state index in [-0.39, 0.29) is 5.56 Å². The summed E-state index contributed by atoms with van der Waals surface area (Å²) in [4.78, 5) is 34.6. The van der Waals surface area contributed by atoms with Crippen molar-refractivity contribution in [2.45, 2.75) is 13.8 Å². The van der Waals surface area contributed by atoms with Crippen LogP contribution >= 0.6 is 11.3 Å². The minimum Gasteiger partial charge on any atom is -0.462 e. The van der Waals surface area contributed by atoms with Gasteiger partial charge in [0.2, 0.25) is 5.95 Å². The van der Waals surface area contributed by atoms with Crippen molar-refractivity contribution in [1.82, 2.24) is 9.97 Å². The first-order valence-corrected chi connectivity index (χ1v) is 7.96. The highest BCUT2D eigenvalue weighted by Crippen LogP contribution is 2.28. The SMILES string of the molecule is CCOC(=O)c1sc2nc(N3CCOCC3)[nH]c(=O)c2c1C. The van der Waals surface area contributed by atoms with Gasteiger partial charge in [-0.3, -0.25) is 9.78 Å². The number of thiophene rings is 1. The van der Waals surface area contributed by atoms with E-state index < -0.39 is 5.97 Å². The van der Waals surface area contributed by atoms with Crippen molar-refractivity contribution in [3.05, 3.63) is 20.8 Å².